The Hall–Kier alpha value is -1.69. The van der Waals surface area contributed by atoms with Crippen molar-refractivity contribution in [2.24, 2.45) is 0 Å². The van der Waals surface area contributed by atoms with Crippen LogP contribution >= 0.6 is 0 Å². The molecular formula is C15H25N5O. The van der Waals surface area contributed by atoms with Gasteiger partial charge < -0.3 is 15.5 Å². The maximum absolute atomic E-state index is 12.1. The van der Waals surface area contributed by atoms with Crippen molar-refractivity contribution in [1.29, 1.82) is 0 Å². The van der Waals surface area contributed by atoms with Gasteiger partial charge in [0.15, 0.2) is 5.69 Å². The van der Waals surface area contributed by atoms with E-state index >= 15 is 0 Å². The van der Waals surface area contributed by atoms with E-state index in [0.29, 0.717) is 18.1 Å². The fourth-order valence-corrected chi connectivity index (χ4v) is 2.50. The lowest BCUT2D eigenvalue weighted by Crippen LogP contribution is -2.57. The number of likely N-dealkylation sites (N-methyl/N-ethyl adjacent to an activating group) is 1. The highest BCUT2D eigenvalue weighted by Crippen LogP contribution is 2.35. The van der Waals surface area contributed by atoms with Crippen molar-refractivity contribution in [1.82, 2.24) is 20.4 Å². The number of rotatable bonds is 7. The highest BCUT2D eigenvalue weighted by molar-refractivity contribution is 5.92. The van der Waals surface area contributed by atoms with E-state index in [0.717, 1.165) is 25.8 Å². The average molecular weight is 291 g/mol. The summed E-state index contributed by atoms with van der Waals surface area (Å²) in [4.78, 5) is 14.3. The third kappa shape index (κ3) is 3.69. The molecular weight excluding hydrogens is 266 g/mol. The van der Waals surface area contributed by atoms with Crippen molar-refractivity contribution < 1.29 is 4.79 Å². The Balaban J connectivity index is 1.88. The van der Waals surface area contributed by atoms with Gasteiger partial charge in [0.05, 0.1) is 0 Å². The molecule has 0 atom stereocenters. The molecule has 1 fully saturated rings. The van der Waals surface area contributed by atoms with Gasteiger partial charge in [-0.25, -0.2) is 0 Å². The number of nitrogens with zero attached hydrogens (tertiary/aromatic N) is 3. The molecule has 1 saturated carbocycles. The number of nitrogens with one attached hydrogen (secondary N) is 2. The Bertz CT molecular complexity index is 467. The summed E-state index contributed by atoms with van der Waals surface area (Å²) in [5, 5.41) is 14.1. The molecule has 1 aromatic rings. The molecule has 21 heavy (non-hydrogen) atoms. The van der Waals surface area contributed by atoms with E-state index in [2.05, 4.69) is 46.7 Å². The van der Waals surface area contributed by atoms with Gasteiger partial charge in [-0.1, -0.05) is 6.92 Å². The van der Waals surface area contributed by atoms with Crippen LogP contribution in [0.15, 0.2) is 12.1 Å². The molecule has 6 nitrogen and oxygen atoms in total. The molecule has 1 amide bonds. The van der Waals surface area contributed by atoms with Gasteiger partial charge in [0, 0.05) is 18.6 Å². The number of amides is 1. The fraction of sp³-hybridized carbons (Fsp3) is 0.667. The third-order valence-corrected chi connectivity index (χ3v) is 4.26. The summed E-state index contributed by atoms with van der Waals surface area (Å²) in [6, 6.07) is 3.51. The van der Waals surface area contributed by atoms with Crippen molar-refractivity contribution in [2.75, 3.05) is 32.5 Å². The monoisotopic (exact) mass is 291 g/mol. The number of hydrogen-bond acceptors (Lipinski definition) is 5. The molecule has 1 heterocycles. The van der Waals surface area contributed by atoms with Crippen LogP contribution in [0.5, 0.6) is 0 Å². The quantitative estimate of drug-likeness (QED) is 0.797. The second kappa shape index (κ2) is 6.85. The second-order valence-corrected chi connectivity index (χ2v) is 5.89. The maximum atomic E-state index is 12.1. The summed E-state index contributed by atoms with van der Waals surface area (Å²) < 4.78 is 0. The standard InChI is InChI=1S/C15H25N5O/c1-4-10-16-13-7-6-12(18-19-13)14(21)17-11-15(20(2)3)8-5-9-15/h6-7H,4-5,8-11H2,1-3H3,(H,16,19)(H,17,21). The fourth-order valence-electron chi connectivity index (χ4n) is 2.50. The van der Waals surface area contributed by atoms with Gasteiger partial charge in [0.2, 0.25) is 0 Å². The van der Waals surface area contributed by atoms with Crippen LogP contribution in [-0.4, -0.2) is 53.7 Å². The van der Waals surface area contributed by atoms with Gasteiger partial charge in [-0.3, -0.25) is 4.79 Å². The van der Waals surface area contributed by atoms with Crippen LogP contribution < -0.4 is 10.6 Å². The molecule has 0 radical (unpaired) electrons. The van der Waals surface area contributed by atoms with Crippen LogP contribution in [0.4, 0.5) is 5.82 Å². The van der Waals surface area contributed by atoms with Crippen LogP contribution in [-0.2, 0) is 0 Å². The molecule has 116 valence electrons. The lowest BCUT2D eigenvalue weighted by molar-refractivity contribution is 0.0556. The first-order chi connectivity index (χ1) is 10.1. The van der Waals surface area contributed by atoms with Crippen LogP contribution in [0.25, 0.3) is 0 Å². The van der Waals surface area contributed by atoms with Crippen molar-refractivity contribution in [3.63, 3.8) is 0 Å². The maximum Gasteiger partial charge on any atom is 0.271 e. The van der Waals surface area contributed by atoms with Crippen molar-refractivity contribution in [2.45, 2.75) is 38.1 Å². The first-order valence-electron chi connectivity index (χ1n) is 7.60. The summed E-state index contributed by atoms with van der Waals surface area (Å²) >= 11 is 0. The Labute approximate surface area is 126 Å². The third-order valence-electron chi connectivity index (χ3n) is 4.26. The van der Waals surface area contributed by atoms with Crippen LogP contribution in [0, 0.1) is 0 Å². The van der Waals surface area contributed by atoms with Crippen molar-refractivity contribution in [3.05, 3.63) is 17.8 Å². The SMILES string of the molecule is CCCNc1ccc(C(=O)NCC2(N(C)C)CCC2)nn1. The summed E-state index contributed by atoms with van der Waals surface area (Å²) in [6.07, 6.45) is 4.51. The zero-order chi connectivity index (χ0) is 15.3. The largest absolute Gasteiger partial charge is 0.369 e. The van der Waals surface area contributed by atoms with Gasteiger partial charge in [-0.15, -0.1) is 10.2 Å². The smallest absolute Gasteiger partial charge is 0.271 e. The minimum atomic E-state index is -0.155. The van der Waals surface area contributed by atoms with E-state index in [-0.39, 0.29) is 11.4 Å². The van der Waals surface area contributed by atoms with Crippen molar-refractivity contribution >= 4 is 11.7 Å². The number of carbonyl (C=O) groups is 1. The van der Waals surface area contributed by atoms with E-state index in [1.54, 1.807) is 12.1 Å². The Morgan fingerprint density at radius 1 is 1.33 bits per heavy atom. The lowest BCUT2D eigenvalue weighted by atomic mass is 9.75. The van der Waals surface area contributed by atoms with Gasteiger partial charge in [0.25, 0.3) is 5.91 Å². The predicted octanol–water partition coefficient (Wildman–Crippen LogP) is 1.51. The van der Waals surface area contributed by atoms with E-state index in [4.69, 9.17) is 0 Å². The first kappa shape index (κ1) is 15.7. The molecule has 0 saturated heterocycles. The van der Waals surface area contributed by atoms with Crippen LogP contribution in [0.3, 0.4) is 0 Å². The van der Waals surface area contributed by atoms with E-state index < -0.39 is 0 Å². The van der Waals surface area contributed by atoms with Crippen molar-refractivity contribution in [3.8, 4) is 0 Å². The topological polar surface area (TPSA) is 70.2 Å². The number of carbonyl (C=O) groups excluding carboxylic acids is 1. The summed E-state index contributed by atoms with van der Waals surface area (Å²) in [6.45, 7) is 3.60. The van der Waals surface area contributed by atoms with E-state index in [1.807, 2.05) is 0 Å². The zero-order valence-electron chi connectivity index (χ0n) is 13.1. The average Bonchev–Trinajstić information content (AvgIpc) is 2.44. The molecule has 0 unspecified atom stereocenters. The van der Waals surface area contributed by atoms with Crippen LogP contribution in [0.2, 0.25) is 0 Å². The molecule has 0 aliphatic heterocycles. The van der Waals surface area contributed by atoms with Gasteiger partial charge in [-0.2, -0.15) is 0 Å². The summed E-state index contributed by atoms with van der Waals surface area (Å²) in [5.41, 5.74) is 0.483. The molecule has 0 bridgehead atoms. The predicted molar refractivity (Wildman–Crippen MR) is 83.4 cm³/mol. The molecule has 1 aliphatic carbocycles. The van der Waals surface area contributed by atoms with Gasteiger partial charge >= 0.3 is 0 Å². The Kier molecular flexibility index (Phi) is 5.12. The minimum absolute atomic E-state index is 0.117. The Morgan fingerprint density at radius 3 is 2.57 bits per heavy atom. The zero-order valence-corrected chi connectivity index (χ0v) is 13.1. The second-order valence-electron chi connectivity index (χ2n) is 5.89. The molecule has 1 aliphatic rings. The van der Waals surface area contributed by atoms with E-state index in [1.165, 1.54) is 6.42 Å². The van der Waals surface area contributed by atoms with Gasteiger partial charge in [0.1, 0.15) is 5.82 Å². The molecule has 6 heteroatoms. The van der Waals surface area contributed by atoms with E-state index in [9.17, 15) is 4.79 Å². The molecule has 2 N–H and O–H groups in total. The molecule has 2 rings (SSSR count). The first-order valence-corrected chi connectivity index (χ1v) is 7.60. The molecule has 0 aromatic carbocycles. The molecule has 1 aromatic heterocycles. The summed E-state index contributed by atoms with van der Waals surface area (Å²) in [5.74, 6) is 0.551. The normalized spacial score (nSPS) is 16.4. The number of anilines is 1. The molecule has 0 spiro atoms. The Morgan fingerprint density at radius 2 is 2.10 bits per heavy atom. The van der Waals surface area contributed by atoms with Crippen LogP contribution in [0.1, 0.15) is 43.1 Å². The lowest BCUT2D eigenvalue weighted by Gasteiger charge is -2.47. The highest BCUT2D eigenvalue weighted by atomic mass is 16.1. The van der Waals surface area contributed by atoms with Gasteiger partial charge in [-0.05, 0) is 51.9 Å². The summed E-state index contributed by atoms with van der Waals surface area (Å²) in [7, 11) is 4.14. The minimum Gasteiger partial charge on any atom is -0.369 e. The number of aromatic nitrogens is 2. The number of hydrogen-bond donors (Lipinski definition) is 2. The highest BCUT2D eigenvalue weighted by Gasteiger charge is 2.39.